The minimum absolute atomic E-state index is 0.209. The standard InChI is InChI=1S/C9H20N2O3S/c1-4-6-11-7-5-9(2,8(10)12)15(3,13)14/h11H,4-7H2,1-3H3,(H2,10,12). The number of carbonyl (C=O) groups excluding carboxylic acids is 1. The molecule has 0 heterocycles. The van der Waals surface area contributed by atoms with Crippen molar-refractivity contribution in [2.45, 2.75) is 31.4 Å². The summed E-state index contributed by atoms with van der Waals surface area (Å²) in [5.74, 6) is -0.789. The Kier molecular flexibility index (Phi) is 5.23. The number of sulfone groups is 1. The molecular weight excluding hydrogens is 216 g/mol. The first-order valence-electron chi connectivity index (χ1n) is 4.96. The molecule has 0 aliphatic carbocycles. The van der Waals surface area contributed by atoms with E-state index in [0.29, 0.717) is 6.54 Å². The molecule has 3 N–H and O–H groups in total. The van der Waals surface area contributed by atoms with E-state index in [2.05, 4.69) is 5.32 Å². The van der Waals surface area contributed by atoms with Gasteiger partial charge in [-0.1, -0.05) is 6.92 Å². The number of rotatable bonds is 7. The lowest BCUT2D eigenvalue weighted by molar-refractivity contribution is -0.120. The van der Waals surface area contributed by atoms with Crippen LogP contribution < -0.4 is 11.1 Å². The Hall–Kier alpha value is -0.620. The number of carbonyl (C=O) groups is 1. The Balaban J connectivity index is 4.50. The highest BCUT2D eigenvalue weighted by Gasteiger charge is 2.41. The Morgan fingerprint density at radius 2 is 1.93 bits per heavy atom. The smallest absolute Gasteiger partial charge is 0.238 e. The van der Waals surface area contributed by atoms with Crippen molar-refractivity contribution < 1.29 is 13.2 Å². The van der Waals surface area contributed by atoms with Gasteiger partial charge in [-0.15, -0.1) is 0 Å². The van der Waals surface area contributed by atoms with Crippen LogP contribution in [-0.2, 0) is 14.6 Å². The topological polar surface area (TPSA) is 89.3 Å². The van der Waals surface area contributed by atoms with Crippen molar-refractivity contribution in [3.05, 3.63) is 0 Å². The number of hydrogen-bond acceptors (Lipinski definition) is 4. The quantitative estimate of drug-likeness (QED) is 0.592. The van der Waals surface area contributed by atoms with E-state index in [9.17, 15) is 13.2 Å². The zero-order chi connectivity index (χ0) is 12.1. The van der Waals surface area contributed by atoms with Crippen molar-refractivity contribution in [2.75, 3.05) is 19.3 Å². The number of amides is 1. The molecule has 0 rings (SSSR count). The van der Waals surface area contributed by atoms with Gasteiger partial charge < -0.3 is 11.1 Å². The normalized spacial score (nSPS) is 15.9. The second-order valence-corrected chi connectivity index (χ2v) is 6.31. The Bertz CT molecular complexity index is 313. The van der Waals surface area contributed by atoms with Gasteiger partial charge in [0.05, 0.1) is 0 Å². The SMILES string of the molecule is CCCNCCC(C)(C(N)=O)S(C)(=O)=O. The summed E-state index contributed by atoms with van der Waals surface area (Å²) in [7, 11) is -3.47. The highest BCUT2D eigenvalue weighted by Crippen LogP contribution is 2.19. The number of primary amides is 1. The monoisotopic (exact) mass is 236 g/mol. The molecule has 0 radical (unpaired) electrons. The number of nitrogens with one attached hydrogen (secondary N) is 1. The van der Waals surface area contributed by atoms with Crippen molar-refractivity contribution in [1.29, 1.82) is 0 Å². The molecule has 0 aliphatic heterocycles. The average Bonchev–Trinajstić information content (AvgIpc) is 2.09. The predicted molar refractivity (Wildman–Crippen MR) is 60.2 cm³/mol. The van der Waals surface area contributed by atoms with Gasteiger partial charge in [0.15, 0.2) is 9.84 Å². The summed E-state index contributed by atoms with van der Waals surface area (Å²) in [5.41, 5.74) is 5.13. The van der Waals surface area contributed by atoms with Gasteiger partial charge in [-0.25, -0.2) is 8.42 Å². The molecule has 0 bridgehead atoms. The summed E-state index contributed by atoms with van der Waals surface area (Å²) in [6.45, 7) is 4.66. The summed E-state index contributed by atoms with van der Waals surface area (Å²) in [4.78, 5) is 11.1. The molecule has 15 heavy (non-hydrogen) atoms. The van der Waals surface area contributed by atoms with Crippen LogP contribution in [0.15, 0.2) is 0 Å². The van der Waals surface area contributed by atoms with Crippen molar-refractivity contribution in [1.82, 2.24) is 5.32 Å². The van der Waals surface area contributed by atoms with Crippen molar-refractivity contribution in [3.8, 4) is 0 Å². The number of hydrogen-bond donors (Lipinski definition) is 2. The molecule has 0 aromatic rings. The van der Waals surface area contributed by atoms with Crippen LogP contribution in [0, 0.1) is 0 Å². The van der Waals surface area contributed by atoms with E-state index < -0.39 is 20.5 Å². The van der Waals surface area contributed by atoms with Crippen LogP contribution in [0.25, 0.3) is 0 Å². The van der Waals surface area contributed by atoms with Gasteiger partial charge in [-0.2, -0.15) is 0 Å². The van der Waals surface area contributed by atoms with Crippen molar-refractivity contribution in [3.63, 3.8) is 0 Å². The summed E-state index contributed by atoms with van der Waals surface area (Å²) < 4.78 is 21.4. The fourth-order valence-corrected chi connectivity index (χ4v) is 1.96. The van der Waals surface area contributed by atoms with E-state index in [1.54, 1.807) is 0 Å². The maximum Gasteiger partial charge on any atom is 0.238 e. The Morgan fingerprint density at radius 1 is 1.40 bits per heavy atom. The van der Waals surface area contributed by atoms with Gasteiger partial charge >= 0.3 is 0 Å². The molecule has 1 unspecified atom stereocenters. The molecule has 0 aromatic carbocycles. The minimum Gasteiger partial charge on any atom is -0.368 e. The summed E-state index contributed by atoms with van der Waals surface area (Å²) >= 11 is 0. The van der Waals surface area contributed by atoms with Crippen LogP contribution in [-0.4, -0.2) is 38.4 Å². The second-order valence-electron chi connectivity index (χ2n) is 3.87. The third kappa shape index (κ3) is 3.79. The van der Waals surface area contributed by atoms with Crippen LogP contribution in [0.2, 0.25) is 0 Å². The second kappa shape index (κ2) is 5.46. The molecule has 0 fully saturated rings. The number of nitrogens with two attached hydrogens (primary N) is 1. The Morgan fingerprint density at radius 3 is 2.27 bits per heavy atom. The third-order valence-corrected chi connectivity index (χ3v) is 4.59. The van der Waals surface area contributed by atoms with E-state index in [4.69, 9.17) is 5.73 Å². The van der Waals surface area contributed by atoms with Crippen LogP contribution in [0.3, 0.4) is 0 Å². The van der Waals surface area contributed by atoms with E-state index in [-0.39, 0.29) is 6.42 Å². The predicted octanol–water partition coefficient (Wildman–Crippen LogP) is -0.335. The lowest BCUT2D eigenvalue weighted by Gasteiger charge is -2.23. The van der Waals surface area contributed by atoms with Crippen molar-refractivity contribution >= 4 is 15.7 Å². The molecule has 0 spiro atoms. The molecule has 6 heteroatoms. The summed E-state index contributed by atoms with van der Waals surface area (Å²) in [6, 6.07) is 0. The maximum absolute atomic E-state index is 11.4. The summed E-state index contributed by atoms with van der Waals surface area (Å²) in [5, 5.41) is 3.05. The van der Waals surface area contributed by atoms with Crippen LogP contribution in [0.4, 0.5) is 0 Å². The van der Waals surface area contributed by atoms with Gasteiger partial charge in [0.25, 0.3) is 0 Å². The average molecular weight is 236 g/mol. The molecule has 5 nitrogen and oxygen atoms in total. The lowest BCUT2D eigenvalue weighted by Crippen LogP contribution is -2.49. The highest BCUT2D eigenvalue weighted by atomic mass is 32.2. The van der Waals surface area contributed by atoms with Crippen LogP contribution in [0.1, 0.15) is 26.7 Å². The van der Waals surface area contributed by atoms with Gasteiger partial charge in [0.1, 0.15) is 4.75 Å². The van der Waals surface area contributed by atoms with E-state index in [1.165, 1.54) is 6.92 Å². The molecule has 1 atom stereocenters. The first-order valence-corrected chi connectivity index (χ1v) is 6.85. The molecular formula is C9H20N2O3S. The van der Waals surface area contributed by atoms with Crippen LogP contribution in [0.5, 0.6) is 0 Å². The van der Waals surface area contributed by atoms with Crippen molar-refractivity contribution in [2.24, 2.45) is 5.73 Å². The maximum atomic E-state index is 11.4. The molecule has 0 aliphatic rings. The first kappa shape index (κ1) is 14.4. The Labute approximate surface area is 91.3 Å². The zero-order valence-electron chi connectivity index (χ0n) is 9.54. The third-order valence-electron chi connectivity index (χ3n) is 2.55. The van der Waals surface area contributed by atoms with Gasteiger partial charge in [-0.05, 0) is 32.9 Å². The van der Waals surface area contributed by atoms with Gasteiger partial charge in [0.2, 0.25) is 5.91 Å². The minimum atomic E-state index is -3.47. The molecule has 1 amide bonds. The van der Waals surface area contributed by atoms with Gasteiger partial charge in [-0.3, -0.25) is 4.79 Å². The lowest BCUT2D eigenvalue weighted by atomic mass is 10.1. The van der Waals surface area contributed by atoms with Crippen LogP contribution >= 0.6 is 0 Å². The first-order chi connectivity index (χ1) is 6.75. The zero-order valence-corrected chi connectivity index (χ0v) is 10.4. The molecule has 90 valence electrons. The fraction of sp³-hybridized carbons (Fsp3) is 0.889. The van der Waals surface area contributed by atoms with E-state index >= 15 is 0 Å². The summed E-state index contributed by atoms with van der Waals surface area (Å²) in [6.07, 6.45) is 2.21. The molecule has 0 aromatic heterocycles. The fourth-order valence-electron chi connectivity index (χ4n) is 1.12. The molecule has 0 saturated carbocycles. The highest BCUT2D eigenvalue weighted by molar-refractivity contribution is 7.92. The van der Waals surface area contributed by atoms with Gasteiger partial charge in [0, 0.05) is 6.26 Å². The molecule has 0 saturated heterocycles. The largest absolute Gasteiger partial charge is 0.368 e. The van der Waals surface area contributed by atoms with E-state index in [1.807, 2.05) is 6.92 Å². The van der Waals surface area contributed by atoms with E-state index in [0.717, 1.165) is 19.2 Å².